The predicted molar refractivity (Wildman–Crippen MR) is 142 cm³/mol. The number of hydrogen-bond donors (Lipinski definition) is 1. The van der Waals surface area contributed by atoms with Crippen molar-refractivity contribution in [2.24, 2.45) is 0 Å². The Morgan fingerprint density at radius 3 is 2.37 bits per heavy atom. The highest BCUT2D eigenvalue weighted by atomic mass is 32.2. The summed E-state index contributed by atoms with van der Waals surface area (Å²) < 4.78 is 74.9. The van der Waals surface area contributed by atoms with Crippen LogP contribution < -0.4 is 10.2 Å². The molecule has 13 heteroatoms. The van der Waals surface area contributed by atoms with E-state index in [1.165, 1.54) is 24.9 Å². The second-order valence-electron chi connectivity index (χ2n) is 8.63. The van der Waals surface area contributed by atoms with Gasteiger partial charge in [0.15, 0.2) is 18.2 Å². The van der Waals surface area contributed by atoms with Gasteiger partial charge in [-0.2, -0.15) is 13.2 Å². The first-order chi connectivity index (χ1) is 19.5. The lowest BCUT2D eigenvalue weighted by molar-refractivity contribution is -0.191. The standard InChI is InChI=1S/C28H27F5N2O5S/c1-38-11-10-35(15-26(36)34-40-17-28(31,32)33)27(37)20-5-3-4-18(12-20)16-39-21-8-6-19(7-9-21)22-13-23(29)24(30)14-25(22)41-2/h3-9,12-14H,10-11,15-17H2,1-2H3,(H,34,36). The third kappa shape index (κ3) is 9.73. The summed E-state index contributed by atoms with van der Waals surface area (Å²) >= 11 is 1.30. The van der Waals surface area contributed by atoms with Crippen molar-refractivity contribution in [3.8, 4) is 16.9 Å². The van der Waals surface area contributed by atoms with Crippen molar-refractivity contribution in [3.63, 3.8) is 0 Å². The van der Waals surface area contributed by atoms with Crippen molar-refractivity contribution in [1.29, 1.82) is 0 Å². The summed E-state index contributed by atoms with van der Waals surface area (Å²) in [7, 11) is 1.40. The zero-order chi connectivity index (χ0) is 30.0. The quantitative estimate of drug-likeness (QED) is 0.156. The number of carbonyl (C=O) groups excluding carboxylic acids is 2. The summed E-state index contributed by atoms with van der Waals surface area (Å²) in [6.07, 6.45) is -2.85. The van der Waals surface area contributed by atoms with Crippen LogP contribution in [0.3, 0.4) is 0 Å². The molecule has 3 aromatic carbocycles. The number of amides is 2. The van der Waals surface area contributed by atoms with Gasteiger partial charge in [-0.05, 0) is 59.3 Å². The van der Waals surface area contributed by atoms with Crippen LogP contribution in [-0.2, 0) is 21.0 Å². The Hall–Kier alpha value is -3.68. The van der Waals surface area contributed by atoms with E-state index in [0.717, 1.165) is 17.0 Å². The second kappa shape index (κ2) is 14.8. The average Bonchev–Trinajstić information content (AvgIpc) is 2.94. The van der Waals surface area contributed by atoms with E-state index in [0.29, 0.717) is 27.3 Å². The molecular formula is C28H27F5N2O5S. The molecule has 0 bridgehead atoms. The van der Waals surface area contributed by atoms with Crippen LogP contribution in [0.25, 0.3) is 11.1 Å². The molecule has 0 aliphatic carbocycles. The van der Waals surface area contributed by atoms with E-state index in [1.54, 1.807) is 54.2 Å². The van der Waals surface area contributed by atoms with Gasteiger partial charge in [0.05, 0.1) is 6.61 Å². The van der Waals surface area contributed by atoms with E-state index in [2.05, 4.69) is 4.84 Å². The predicted octanol–water partition coefficient (Wildman–Crippen LogP) is 5.63. The van der Waals surface area contributed by atoms with Crippen molar-refractivity contribution in [1.82, 2.24) is 10.4 Å². The molecule has 0 atom stereocenters. The third-order valence-corrected chi connectivity index (χ3v) is 6.37. The maximum absolute atomic E-state index is 13.8. The van der Waals surface area contributed by atoms with Gasteiger partial charge in [0.2, 0.25) is 0 Å². The molecule has 0 aromatic heterocycles. The first-order valence-corrected chi connectivity index (χ1v) is 13.3. The first-order valence-electron chi connectivity index (χ1n) is 12.1. The van der Waals surface area contributed by atoms with Gasteiger partial charge in [-0.3, -0.25) is 14.4 Å². The fraction of sp³-hybridized carbons (Fsp3) is 0.286. The molecule has 0 spiro atoms. The number of ether oxygens (including phenoxy) is 2. The first kappa shape index (κ1) is 31.8. The summed E-state index contributed by atoms with van der Waals surface area (Å²) in [6, 6.07) is 15.6. The molecule has 41 heavy (non-hydrogen) atoms. The minimum Gasteiger partial charge on any atom is -0.489 e. The van der Waals surface area contributed by atoms with Gasteiger partial charge < -0.3 is 14.4 Å². The molecule has 0 aliphatic heterocycles. The number of benzene rings is 3. The number of alkyl halides is 3. The van der Waals surface area contributed by atoms with E-state index < -0.39 is 42.8 Å². The number of rotatable bonds is 13. The minimum absolute atomic E-state index is 0.00527. The van der Waals surface area contributed by atoms with Crippen LogP contribution in [-0.4, -0.2) is 62.6 Å². The lowest BCUT2D eigenvalue weighted by Gasteiger charge is -2.22. The van der Waals surface area contributed by atoms with Gasteiger partial charge in [-0.15, -0.1) is 11.8 Å². The van der Waals surface area contributed by atoms with Crippen LogP contribution in [0.1, 0.15) is 15.9 Å². The topological polar surface area (TPSA) is 77.1 Å². The number of nitrogens with zero attached hydrogens (tertiary/aromatic N) is 1. The van der Waals surface area contributed by atoms with Gasteiger partial charge in [0.1, 0.15) is 18.9 Å². The molecule has 220 valence electrons. The summed E-state index contributed by atoms with van der Waals surface area (Å²) in [6.45, 7) is -2.04. The molecule has 7 nitrogen and oxygen atoms in total. The molecule has 0 saturated heterocycles. The number of hydrogen-bond acceptors (Lipinski definition) is 6. The fourth-order valence-corrected chi connectivity index (χ4v) is 4.27. The highest BCUT2D eigenvalue weighted by Gasteiger charge is 2.28. The molecule has 1 N–H and O–H groups in total. The normalized spacial score (nSPS) is 11.3. The van der Waals surface area contributed by atoms with Gasteiger partial charge in [0.25, 0.3) is 11.8 Å². The monoisotopic (exact) mass is 598 g/mol. The zero-order valence-corrected chi connectivity index (χ0v) is 22.9. The molecule has 3 rings (SSSR count). The molecule has 0 fully saturated rings. The molecule has 0 unspecified atom stereocenters. The highest BCUT2D eigenvalue weighted by Crippen LogP contribution is 2.33. The van der Waals surface area contributed by atoms with Crippen molar-refractivity contribution < 1.29 is 45.9 Å². The fourth-order valence-electron chi connectivity index (χ4n) is 3.66. The Kier molecular flexibility index (Phi) is 11.5. The van der Waals surface area contributed by atoms with E-state index in [-0.39, 0.29) is 25.3 Å². The molecule has 0 saturated carbocycles. The maximum atomic E-state index is 13.8. The van der Waals surface area contributed by atoms with Crippen molar-refractivity contribution >= 4 is 23.6 Å². The Morgan fingerprint density at radius 1 is 1.00 bits per heavy atom. The van der Waals surface area contributed by atoms with Crippen molar-refractivity contribution in [3.05, 3.63) is 83.4 Å². The number of thioether (sulfide) groups is 1. The molecule has 0 aliphatic rings. The summed E-state index contributed by atoms with van der Waals surface area (Å²) in [5, 5.41) is 0. The van der Waals surface area contributed by atoms with Gasteiger partial charge in [-0.1, -0.05) is 24.3 Å². The van der Waals surface area contributed by atoms with Crippen LogP contribution in [0.2, 0.25) is 0 Å². The number of nitrogens with one attached hydrogen (secondary N) is 1. The largest absolute Gasteiger partial charge is 0.489 e. The zero-order valence-electron chi connectivity index (χ0n) is 22.1. The lowest BCUT2D eigenvalue weighted by atomic mass is 10.1. The lowest BCUT2D eigenvalue weighted by Crippen LogP contribution is -2.43. The third-order valence-electron chi connectivity index (χ3n) is 5.60. The van der Waals surface area contributed by atoms with Crippen molar-refractivity contribution in [2.45, 2.75) is 17.7 Å². The molecular weight excluding hydrogens is 571 g/mol. The van der Waals surface area contributed by atoms with E-state index in [4.69, 9.17) is 9.47 Å². The van der Waals surface area contributed by atoms with Crippen LogP contribution in [0, 0.1) is 11.6 Å². The molecule has 3 aromatic rings. The van der Waals surface area contributed by atoms with E-state index in [9.17, 15) is 31.5 Å². The van der Waals surface area contributed by atoms with Crippen LogP contribution >= 0.6 is 11.8 Å². The SMILES string of the molecule is COCCN(CC(=O)NOCC(F)(F)F)C(=O)c1cccc(COc2ccc(-c3cc(F)c(F)cc3SC)cc2)c1. The summed E-state index contributed by atoms with van der Waals surface area (Å²) in [5.41, 5.74) is 3.77. The van der Waals surface area contributed by atoms with Gasteiger partial charge in [-0.25, -0.2) is 14.3 Å². The van der Waals surface area contributed by atoms with Gasteiger partial charge >= 0.3 is 6.18 Å². The van der Waals surface area contributed by atoms with Crippen molar-refractivity contribution in [2.75, 3.05) is 39.7 Å². The van der Waals surface area contributed by atoms with Gasteiger partial charge in [0, 0.05) is 24.1 Å². The highest BCUT2D eigenvalue weighted by molar-refractivity contribution is 7.98. The number of hydroxylamine groups is 1. The Bertz CT molecular complexity index is 1340. The second-order valence-corrected chi connectivity index (χ2v) is 9.48. The maximum Gasteiger partial charge on any atom is 0.414 e. The van der Waals surface area contributed by atoms with Crippen LogP contribution in [0.5, 0.6) is 5.75 Å². The Balaban J connectivity index is 1.65. The Labute approximate surface area is 237 Å². The summed E-state index contributed by atoms with van der Waals surface area (Å²) in [4.78, 5) is 31.0. The summed E-state index contributed by atoms with van der Waals surface area (Å²) in [5.74, 6) is -2.84. The Morgan fingerprint density at radius 2 is 1.71 bits per heavy atom. The van der Waals surface area contributed by atoms with Crippen LogP contribution in [0.15, 0.2) is 65.6 Å². The number of carbonyl (C=O) groups is 2. The number of halogens is 5. The van der Waals surface area contributed by atoms with E-state index >= 15 is 0 Å². The smallest absolute Gasteiger partial charge is 0.414 e. The van der Waals surface area contributed by atoms with E-state index in [1.807, 2.05) is 0 Å². The molecule has 0 radical (unpaired) electrons. The van der Waals surface area contributed by atoms with Crippen LogP contribution in [0.4, 0.5) is 22.0 Å². The average molecular weight is 599 g/mol. The molecule has 2 amide bonds. The number of methoxy groups -OCH3 is 1. The minimum atomic E-state index is -4.62. The molecule has 0 heterocycles.